The zero-order valence-corrected chi connectivity index (χ0v) is 27.6. The van der Waals surface area contributed by atoms with E-state index in [1.54, 1.807) is 6.54 Å². The van der Waals surface area contributed by atoms with Crippen molar-refractivity contribution in [3.05, 3.63) is 180 Å². The van der Waals surface area contributed by atoms with Crippen LogP contribution in [0.2, 0.25) is 4.63 Å². The molecule has 0 heterocycles. The topological polar surface area (TPSA) is 0 Å². The van der Waals surface area contributed by atoms with Crippen molar-refractivity contribution >= 4 is 31.4 Å². The molecule has 0 aliphatic heterocycles. The fourth-order valence-electron chi connectivity index (χ4n) is 8.68. The van der Waals surface area contributed by atoms with Gasteiger partial charge in [0.1, 0.15) is 0 Å². The third kappa shape index (κ3) is 3.70. The molecule has 0 saturated heterocycles. The van der Waals surface area contributed by atoms with Crippen molar-refractivity contribution in [2.24, 2.45) is 0 Å². The van der Waals surface area contributed by atoms with Crippen molar-refractivity contribution in [3.8, 4) is 22.3 Å². The Morgan fingerprint density at radius 2 is 0.571 bits per heavy atom. The summed E-state index contributed by atoms with van der Waals surface area (Å²) in [6, 6.07) is 60.3. The standard InChI is InChI=1S/2C13H9.2C6H5.CH3.2ClH.Zr/c2*1-3-7-12-10(5-1)9-11-6-2-4-8-13(11)12;2*1-2-4-6-5-3-1;;;;/h2*1-9H;2*1-5H;1H3;2*1H;. The maximum atomic E-state index is 2.78. The Hall–Kier alpha value is -3.22. The second-order valence-electron chi connectivity index (χ2n) is 11.9. The third-order valence-corrected chi connectivity index (χ3v) is 29.8. The summed E-state index contributed by atoms with van der Waals surface area (Å²) in [4.78, 5) is 0. The molecule has 0 radical (unpaired) electrons. The van der Waals surface area contributed by atoms with E-state index in [-0.39, 0.29) is 24.8 Å². The fourth-order valence-corrected chi connectivity index (χ4v) is 29.2. The molecule has 0 fully saturated rings. The van der Waals surface area contributed by atoms with Crippen LogP contribution in [0.3, 0.4) is 0 Å². The quantitative estimate of drug-likeness (QED) is 0.176. The molecule has 8 rings (SSSR count). The predicted octanol–water partition coefficient (Wildman–Crippen LogP) is 9.76. The van der Waals surface area contributed by atoms with Gasteiger partial charge in [-0.2, -0.15) is 0 Å². The van der Waals surface area contributed by atoms with Crippen LogP contribution in [0.4, 0.5) is 0 Å². The number of benzene rings is 6. The van der Waals surface area contributed by atoms with Gasteiger partial charge in [0.15, 0.2) is 0 Å². The van der Waals surface area contributed by atoms with Crippen LogP contribution in [0.5, 0.6) is 0 Å². The first-order valence-corrected chi connectivity index (χ1v) is 22.1. The molecule has 0 aromatic heterocycles. The maximum absolute atomic E-state index is 4.63. The Morgan fingerprint density at radius 3 is 0.857 bits per heavy atom. The number of fused-ring (bicyclic) bond motifs is 6. The van der Waals surface area contributed by atoms with E-state index >= 15 is 0 Å². The molecule has 0 atom stereocenters. The molecule has 2 aliphatic carbocycles. The van der Waals surface area contributed by atoms with Crippen LogP contribution in [0, 0.1) is 0 Å². The van der Waals surface area contributed by atoms with E-state index in [0.717, 1.165) is 0 Å². The molecular weight excluding hydrogens is 631 g/mol. The van der Waals surface area contributed by atoms with Gasteiger partial charge in [0, 0.05) is 0 Å². The summed E-state index contributed by atoms with van der Waals surface area (Å²) in [5.41, 5.74) is 11.6. The summed E-state index contributed by atoms with van der Waals surface area (Å²) in [6.45, 7) is 0. The van der Waals surface area contributed by atoms with Gasteiger partial charge in [-0.25, -0.2) is 0 Å². The van der Waals surface area contributed by atoms with Gasteiger partial charge in [-0.15, -0.1) is 24.8 Å². The molecule has 0 spiro atoms. The molecule has 6 aromatic rings. The van der Waals surface area contributed by atoms with E-state index in [4.69, 9.17) is 0 Å². The minimum atomic E-state index is -4.63. The van der Waals surface area contributed by atoms with E-state index in [9.17, 15) is 0 Å². The molecule has 42 heavy (non-hydrogen) atoms. The minimum absolute atomic E-state index is 0. The van der Waals surface area contributed by atoms with Gasteiger partial charge >= 0.3 is 239 Å². The Morgan fingerprint density at radius 1 is 0.333 bits per heavy atom. The molecule has 0 bridgehead atoms. The van der Waals surface area contributed by atoms with Gasteiger partial charge < -0.3 is 0 Å². The van der Waals surface area contributed by atoms with Crippen LogP contribution in [-0.4, -0.2) is 0 Å². The van der Waals surface area contributed by atoms with Crippen LogP contribution in [-0.2, 0) is 18.8 Å². The first kappa shape index (κ1) is 28.9. The summed E-state index contributed by atoms with van der Waals surface area (Å²) in [5, 5.41) is 0. The Labute approximate surface area is 262 Å². The summed E-state index contributed by atoms with van der Waals surface area (Å²) in [7, 11) is 0. The summed E-state index contributed by atoms with van der Waals surface area (Å²) in [5.74, 6) is 0. The van der Waals surface area contributed by atoms with Gasteiger partial charge in [0.05, 0.1) is 0 Å². The van der Waals surface area contributed by atoms with Crippen molar-refractivity contribution < 1.29 is 18.8 Å². The predicted molar refractivity (Wildman–Crippen MR) is 180 cm³/mol. The van der Waals surface area contributed by atoms with Gasteiger partial charge in [0.25, 0.3) is 0 Å². The second-order valence-corrected chi connectivity index (χ2v) is 27.1. The van der Waals surface area contributed by atoms with Gasteiger partial charge in [0.2, 0.25) is 0 Å². The Balaban J connectivity index is 0.00000158. The van der Waals surface area contributed by atoms with Gasteiger partial charge in [-0.3, -0.25) is 0 Å². The molecule has 0 amide bonds. The number of halogens is 2. The van der Waals surface area contributed by atoms with Crippen molar-refractivity contribution in [3.63, 3.8) is 0 Å². The molecule has 0 N–H and O–H groups in total. The molecule has 3 heteroatoms. The van der Waals surface area contributed by atoms with Crippen molar-refractivity contribution in [1.82, 2.24) is 0 Å². The van der Waals surface area contributed by atoms with Crippen LogP contribution < -0.4 is 6.54 Å². The number of hydrogen-bond acceptors (Lipinski definition) is 0. The van der Waals surface area contributed by atoms with E-state index < -0.39 is 18.8 Å². The SMILES string of the molecule is Cl.Cl.[CH3][Zr]([c]1ccccc1)([c]1ccccc1)([CH]1c2ccccc2-c2ccccc21)[CH]1c2ccccc2-c2ccccc21. The normalized spacial score (nSPS) is 14.3. The fraction of sp³-hybridized carbons (Fsp3) is 0.0769. The molecular formula is C39H33Cl2Zr. The first-order chi connectivity index (χ1) is 19.7. The van der Waals surface area contributed by atoms with E-state index in [1.165, 1.54) is 44.5 Å². The number of hydrogen-bond donors (Lipinski definition) is 0. The third-order valence-electron chi connectivity index (χ3n) is 10.2. The average molecular weight is 664 g/mol. The Kier molecular flexibility index (Phi) is 7.43. The molecule has 0 nitrogen and oxygen atoms in total. The van der Waals surface area contributed by atoms with Crippen LogP contribution in [0.15, 0.2) is 158 Å². The Bertz CT molecular complexity index is 1670. The summed E-state index contributed by atoms with van der Waals surface area (Å²) >= 11 is -4.63. The monoisotopic (exact) mass is 661 g/mol. The average Bonchev–Trinajstić information content (AvgIpc) is 3.56. The summed E-state index contributed by atoms with van der Waals surface area (Å²) in [6.07, 6.45) is 0. The zero-order valence-electron chi connectivity index (χ0n) is 23.5. The molecule has 6 aromatic carbocycles. The molecule has 2 aliphatic rings. The van der Waals surface area contributed by atoms with E-state index in [2.05, 4.69) is 162 Å². The molecule has 0 saturated carbocycles. The van der Waals surface area contributed by atoms with Gasteiger partial charge in [-0.1, -0.05) is 0 Å². The van der Waals surface area contributed by atoms with Crippen LogP contribution in [0.25, 0.3) is 22.3 Å². The van der Waals surface area contributed by atoms with Gasteiger partial charge in [-0.05, 0) is 0 Å². The van der Waals surface area contributed by atoms with Crippen LogP contribution in [0.1, 0.15) is 29.5 Å². The first-order valence-electron chi connectivity index (χ1n) is 14.4. The molecule has 207 valence electrons. The molecule has 0 unspecified atom stereocenters. The van der Waals surface area contributed by atoms with Crippen molar-refractivity contribution in [2.45, 2.75) is 11.9 Å². The van der Waals surface area contributed by atoms with Crippen LogP contribution >= 0.6 is 24.8 Å². The zero-order chi connectivity index (χ0) is 26.8. The summed E-state index contributed by atoms with van der Waals surface area (Å²) < 4.78 is 6.45. The van der Waals surface area contributed by atoms with E-state index in [1.807, 2.05) is 0 Å². The van der Waals surface area contributed by atoms with Crippen molar-refractivity contribution in [1.29, 1.82) is 0 Å². The van der Waals surface area contributed by atoms with E-state index in [0.29, 0.717) is 7.25 Å². The van der Waals surface area contributed by atoms with Crippen molar-refractivity contribution in [2.75, 3.05) is 0 Å². The second kappa shape index (κ2) is 10.8. The number of rotatable bonds is 4.